The summed E-state index contributed by atoms with van der Waals surface area (Å²) in [6, 6.07) is 5.22. The van der Waals surface area contributed by atoms with Gasteiger partial charge in [0, 0.05) is 22.9 Å². The van der Waals surface area contributed by atoms with E-state index in [4.69, 9.17) is 5.53 Å². The molecule has 0 aliphatic rings. The van der Waals surface area contributed by atoms with Crippen LogP contribution in [-0.4, -0.2) is 39.9 Å². The van der Waals surface area contributed by atoms with Gasteiger partial charge in [0.25, 0.3) is 5.78 Å². The number of aromatic hydroxyl groups is 1. The smallest absolute Gasteiger partial charge is 0.325 e. The van der Waals surface area contributed by atoms with Crippen LogP contribution >= 0.6 is 22.9 Å². The minimum atomic E-state index is -0.777. The van der Waals surface area contributed by atoms with E-state index in [1.165, 1.54) is 6.92 Å². The van der Waals surface area contributed by atoms with Gasteiger partial charge in [-0.2, -0.15) is 4.79 Å². The number of carbonyl (C=O) groups excluding carboxylic acids is 2. The van der Waals surface area contributed by atoms with Crippen molar-refractivity contribution in [3.05, 3.63) is 35.4 Å². The van der Waals surface area contributed by atoms with Crippen molar-refractivity contribution in [1.29, 1.82) is 0 Å². The molecule has 0 bridgehead atoms. The van der Waals surface area contributed by atoms with Gasteiger partial charge in [-0.3, -0.25) is 9.59 Å². The Morgan fingerprint density at radius 3 is 2.57 bits per heavy atom. The van der Waals surface area contributed by atoms with Gasteiger partial charge in [0.15, 0.2) is 0 Å². The van der Waals surface area contributed by atoms with E-state index in [0.717, 1.165) is 11.8 Å². The zero-order valence-corrected chi connectivity index (χ0v) is 13.4. The molecular weight excluding hydrogens is 387 g/mol. The number of nitrogens with one attached hydrogen (secondary N) is 2. The van der Waals surface area contributed by atoms with Gasteiger partial charge in [-0.1, -0.05) is 12.1 Å². The van der Waals surface area contributed by atoms with Crippen LogP contribution in [0.3, 0.4) is 0 Å². The Labute approximate surface area is 135 Å². The molecular formula is C13H15IN4O3. The Hall–Kier alpha value is -1.77. The van der Waals surface area contributed by atoms with Gasteiger partial charge >= 0.3 is 6.21 Å². The molecule has 0 saturated carbocycles. The predicted molar refractivity (Wildman–Crippen MR) is 85.0 cm³/mol. The number of halogens is 1. The summed E-state index contributed by atoms with van der Waals surface area (Å²) < 4.78 is 2.84. The summed E-state index contributed by atoms with van der Waals surface area (Å²) in [5, 5.41) is 11.8. The molecule has 112 valence electrons. The number of carbonyl (C=O) groups is 2. The first kappa shape index (κ1) is 17.3. The molecule has 0 unspecified atom stereocenters. The van der Waals surface area contributed by atoms with E-state index in [2.05, 4.69) is 13.6 Å². The fourth-order valence-corrected chi connectivity index (χ4v) is 2.11. The second kappa shape index (κ2) is 8.50. The fourth-order valence-electron chi connectivity index (χ4n) is 1.60. The molecule has 2 atom stereocenters. The van der Waals surface area contributed by atoms with Crippen LogP contribution in [0.2, 0.25) is 0 Å². The molecule has 0 aliphatic carbocycles. The van der Waals surface area contributed by atoms with Gasteiger partial charge in [0.05, 0.1) is 12.1 Å². The summed E-state index contributed by atoms with van der Waals surface area (Å²) in [7, 11) is 0. The molecule has 0 heterocycles. The van der Waals surface area contributed by atoms with E-state index in [1.807, 2.05) is 22.9 Å². The van der Waals surface area contributed by atoms with Gasteiger partial charge < -0.3 is 16.0 Å². The number of hydrogen-bond acceptors (Lipinski definition) is 4. The summed E-state index contributed by atoms with van der Waals surface area (Å²) in [6.07, 6.45) is 1.15. The Bertz CT molecular complexity index is 555. The van der Waals surface area contributed by atoms with E-state index >= 15 is 0 Å². The summed E-state index contributed by atoms with van der Waals surface area (Å²) in [5.41, 5.74) is 9.16. The number of ketones is 1. The highest BCUT2D eigenvalue weighted by Gasteiger charge is 2.23. The molecule has 1 amide bonds. The number of rotatable bonds is 7. The summed E-state index contributed by atoms with van der Waals surface area (Å²) in [5.74, 6) is -0.683. The third kappa shape index (κ3) is 5.62. The van der Waals surface area contributed by atoms with E-state index < -0.39 is 17.9 Å². The Kier molecular flexibility index (Phi) is 7.00. The Morgan fingerprint density at radius 1 is 1.43 bits per heavy atom. The molecule has 0 fully saturated rings. The number of hydrogen-bond donors (Lipinski definition) is 3. The van der Waals surface area contributed by atoms with Crippen LogP contribution in [0.25, 0.3) is 5.53 Å². The van der Waals surface area contributed by atoms with Crippen molar-refractivity contribution in [3.8, 4) is 5.75 Å². The minimum absolute atomic E-state index is 0.157. The third-order valence-electron chi connectivity index (χ3n) is 2.79. The largest absolute Gasteiger partial charge is 0.508 e. The lowest BCUT2D eigenvalue weighted by molar-refractivity contribution is -0.126. The van der Waals surface area contributed by atoms with E-state index in [0.29, 0.717) is 6.42 Å². The van der Waals surface area contributed by atoms with E-state index in [-0.39, 0.29) is 11.7 Å². The van der Waals surface area contributed by atoms with Crippen LogP contribution < -0.4 is 8.85 Å². The van der Waals surface area contributed by atoms with Crippen LogP contribution in [0.15, 0.2) is 24.3 Å². The lowest BCUT2D eigenvalue weighted by atomic mass is 10.1. The first-order valence-electron chi connectivity index (χ1n) is 6.13. The molecule has 1 aromatic rings. The maximum Gasteiger partial charge on any atom is 0.325 e. The monoisotopic (exact) mass is 402 g/mol. The first-order chi connectivity index (χ1) is 9.97. The Balaban J connectivity index is 2.66. The zero-order valence-electron chi connectivity index (χ0n) is 11.3. The molecule has 0 aliphatic heterocycles. The van der Waals surface area contributed by atoms with Crippen molar-refractivity contribution in [3.63, 3.8) is 0 Å². The van der Waals surface area contributed by atoms with Crippen LogP contribution in [0, 0.1) is 0 Å². The van der Waals surface area contributed by atoms with Crippen molar-refractivity contribution in [2.24, 2.45) is 0 Å². The van der Waals surface area contributed by atoms with Crippen LogP contribution in [-0.2, 0) is 16.0 Å². The number of phenols is 1. The number of benzene rings is 1. The zero-order chi connectivity index (χ0) is 15.8. The van der Waals surface area contributed by atoms with Crippen molar-refractivity contribution < 1.29 is 19.5 Å². The van der Waals surface area contributed by atoms with Crippen LogP contribution in [0.5, 0.6) is 5.75 Å². The molecule has 1 rings (SSSR count). The highest BCUT2D eigenvalue weighted by atomic mass is 127. The van der Waals surface area contributed by atoms with Gasteiger partial charge in [-0.15, -0.1) is 0 Å². The van der Waals surface area contributed by atoms with Gasteiger partial charge in [0.2, 0.25) is 5.91 Å². The molecule has 3 N–H and O–H groups in total. The maximum absolute atomic E-state index is 12.1. The van der Waals surface area contributed by atoms with Crippen molar-refractivity contribution >= 4 is 40.8 Å². The standard InChI is InChI=1S/C13H15IN4O3/c1-8(12(20)7-16-15)17-13(21)11(18-14)6-9-2-4-10(19)5-3-9/h2-5,7-8,11,18-19H,6H2,1H3,(H,17,21)/t8-,11-/m0/s1. The normalized spacial score (nSPS) is 12.9. The molecule has 0 spiro atoms. The van der Waals surface area contributed by atoms with Crippen molar-refractivity contribution in [1.82, 2.24) is 8.85 Å². The molecule has 0 radical (unpaired) electrons. The molecule has 21 heavy (non-hydrogen) atoms. The number of phenolic OH excluding ortho intramolecular Hbond substituents is 1. The van der Waals surface area contributed by atoms with Gasteiger partial charge in [-0.25, -0.2) is 3.53 Å². The topological polar surface area (TPSA) is 115 Å². The lowest BCUT2D eigenvalue weighted by Gasteiger charge is -2.17. The average Bonchev–Trinajstić information content (AvgIpc) is 2.46. The first-order valence-corrected chi connectivity index (χ1v) is 7.21. The average molecular weight is 402 g/mol. The fraction of sp³-hybridized carbons (Fsp3) is 0.308. The highest BCUT2D eigenvalue weighted by Crippen LogP contribution is 2.11. The predicted octanol–water partition coefficient (Wildman–Crippen LogP) is 0.617. The van der Waals surface area contributed by atoms with Crippen molar-refractivity contribution in [2.45, 2.75) is 25.4 Å². The van der Waals surface area contributed by atoms with Crippen LogP contribution in [0.4, 0.5) is 0 Å². The van der Waals surface area contributed by atoms with E-state index in [1.54, 1.807) is 24.3 Å². The van der Waals surface area contributed by atoms with Gasteiger partial charge in [-0.05, 0) is 31.0 Å². The molecule has 1 aromatic carbocycles. The summed E-state index contributed by atoms with van der Waals surface area (Å²) in [4.78, 5) is 26.1. The Morgan fingerprint density at radius 2 is 2.05 bits per heavy atom. The molecule has 8 heteroatoms. The second-order valence-corrected chi connectivity index (χ2v) is 5.03. The SMILES string of the molecule is C[C@H](NC(=O)[C@H](Cc1ccc(O)cc1)NI)C(=O)C=[N+]=[N-]. The number of amides is 1. The summed E-state index contributed by atoms with van der Waals surface area (Å²) >= 11 is 1.87. The molecule has 0 aromatic heterocycles. The summed E-state index contributed by atoms with van der Waals surface area (Å²) in [6.45, 7) is 1.51. The molecule has 7 nitrogen and oxygen atoms in total. The maximum atomic E-state index is 12.1. The third-order valence-corrected chi connectivity index (χ3v) is 3.55. The lowest BCUT2D eigenvalue weighted by Crippen LogP contribution is -2.48. The van der Waals surface area contributed by atoms with E-state index in [9.17, 15) is 14.7 Å². The van der Waals surface area contributed by atoms with Crippen molar-refractivity contribution in [2.75, 3.05) is 0 Å². The number of nitrogens with zero attached hydrogens (tertiary/aromatic N) is 2. The highest BCUT2D eigenvalue weighted by molar-refractivity contribution is 14.1. The van der Waals surface area contributed by atoms with Gasteiger partial charge in [0.1, 0.15) is 5.75 Å². The quantitative estimate of drug-likeness (QED) is 0.204. The van der Waals surface area contributed by atoms with Crippen LogP contribution in [0.1, 0.15) is 12.5 Å². The molecule has 0 saturated heterocycles. The number of Topliss-reactive ketones (excluding diaryl/α,β-unsaturated/α-hetero) is 1. The second-order valence-electron chi connectivity index (χ2n) is 4.41. The minimum Gasteiger partial charge on any atom is -0.508 e.